The van der Waals surface area contributed by atoms with Crippen LogP contribution < -0.4 is 10.6 Å². The fourth-order valence-corrected chi connectivity index (χ4v) is 2.67. The number of nitrogen functional groups attached to an aromatic ring is 1. The quantitative estimate of drug-likeness (QED) is 0.900. The molecule has 0 unspecified atom stereocenters. The molecule has 1 aliphatic carbocycles. The summed E-state index contributed by atoms with van der Waals surface area (Å²) in [6.45, 7) is 3.99. The summed E-state index contributed by atoms with van der Waals surface area (Å²) in [5, 5.41) is 0. The van der Waals surface area contributed by atoms with Crippen molar-refractivity contribution in [1.82, 2.24) is 9.97 Å². The lowest BCUT2D eigenvalue weighted by Gasteiger charge is -2.33. The Morgan fingerprint density at radius 1 is 1.16 bits per heavy atom. The van der Waals surface area contributed by atoms with Crippen LogP contribution in [0.2, 0.25) is 0 Å². The van der Waals surface area contributed by atoms with Crippen molar-refractivity contribution in [1.29, 1.82) is 0 Å². The van der Waals surface area contributed by atoms with E-state index < -0.39 is 0 Å². The number of hydrogen-bond donors (Lipinski definition) is 1. The molecule has 104 valence electrons. The second-order valence-corrected chi connectivity index (χ2v) is 5.61. The number of aromatic nitrogens is 2. The van der Waals surface area contributed by atoms with Crippen molar-refractivity contribution < 1.29 is 4.74 Å². The van der Waals surface area contributed by atoms with E-state index in [1.165, 1.54) is 12.8 Å². The molecule has 1 aromatic rings. The zero-order valence-corrected chi connectivity index (χ0v) is 11.7. The van der Waals surface area contributed by atoms with Gasteiger partial charge in [-0.05, 0) is 32.6 Å². The molecule has 5 nitrogen and oxygen atoms in total. The summed E-state index contributed by atoms with van der Waals surface area (Å²) >= 11 is 0. The van der Waals surface area contributed by atoms with Crippen molar-refractivity contribution in [3.05, 3.63) is 11.4 Å². The molecule has 2 fully saturated rings. The van der Waals surface area contributed by atoms with Gasteiger partial charge in [-0.2, -0.15) is 0 Å². The van der Waals surface area contributed by atoms with E-state index in [0.717, 1.165) is 43.1 Å². The highest BCUT2D eigenvalue weighted by Gasteiger charge is 2.29. The van der Waals surface area contributed by atoms with E-state index in [-0.39, 0.29) is 0 Å². The van der Waals surface area contributed by atoms with Crippen LogP contribution in [-0.4, -0.2) is 36.3 Å². The van der Waals surface area contributed by atoms with E-state index in [1.54, 1.807) is 7.11 Å². The Labute approximate surface area is 114 Å². The molecule has 1 saturated carbocycles. The molecule has 2 aliphatic rings. The first kappa shape index (κ1) is 12.7. The van der Waals surface area contributed by atoms with Crippen LogP contribution in [0.15, 0.2) is 0 Å². The molecule has 1 aliphatic heterocycles. The van der Waals surface area contributed by atoms with Gasteiger partial charge in [0.05, 0.1) is 6.10 Å². The van der Waals surface area contributed by atoms with Gasteiger partial charge in [-0.25, -0.2) is 9.97 Å². The number of nitrogens with zero attached hydrogens (tertiary/aromatic N) is 3. The van der Waals surface area contributed by atoms with E-state index in [0.29, 0.717) is 17.8 Å². The van der Waals surface area contributed by atoms with E-state index in [4.69, 9.17) is 15.5 Å². The number of anilines is 2. The molecule has 19 heavy (non-hydrogen) atoms. The van der Waals surface area contributed by atoms with Crippen LogP contribution in [-0.2, 0) is 4.74 Å². The average Bonchev–Trinajstić information content (AvgIpc) is 3.26. The van der Waals surface area contributed by atoms with Gasteiger partial charge in [0.1, 0.15) is 17.5 Å². The zero-order valence-electron chi connectivity index (χ0n) is 11.7. The lowest BCUT2D eigenvalue weighted by molar-refractivity contribution is 0.0817. The Hall–Kier alpha value is -1.36. The maximum atomic E-state index is 6.04. The average molecular weight is 262 g/mol. The Balaban J connectivity index is 1.83. The minimum atomic E-state index is 0.388. The van der Waals surface area contributed by atoms with E-state index in [2.05, 4.69) is 9.88 Å². The predicted octanol–water partition coefficient (Wildman–Crippen LogP) is 1.86. The standard InChI is InChI=1S/C14H22N4O/c1-9-12(15)16-13(10-3-4-10)17-14(9)18-7-5-11(19-2)6-8-18/h10-11H,3-8H2,1-2H3,(H2,15,16,17). The fraction of sp³-hybridized carbons (Fsp3) is 0.714. The van der Waals surface area contributed by atoms with E-state index in [1.807, 2.05) is 6.92 Å². The van der Waals surface area contributed by atoms with Gasteiger partial charge < -0.3 is 15.4 Å². The van der Waals surface area contributed by atoms with E-state index >= 15 is 0 Å². The molecule has 3 rings (SSSR count). The highest BCUT2D eigenvalue weighted by atomic mass is 16.5. The van der Waals surface area contributed by atoms with Crippen molar-refractivity contribution in [2.24, 2.45) is 0 Å². The minimum Gasteiger partial charge on any atom is -0.383 e. The minimum absolute atomic E-state index is 0.388. The van der Waals surface area contributed by atoms with Crippen LogP contribution >= 0.6 is 0 Å². The monoisotopic (exact) mass is 262 g/mol. The van der Waals surface area contributed by atoms with Crippen LogP contribution in [0, 0.1) is 6.92 Å². The zero-order chi connectivity index (χ0) is 13.4. The normalized spacial score (nSPS) is 20.8. The van der Waals surface area contributed by atoms with Crippen LogP contribution in [0.4, 0.5) is 11.6 Å². The summed E-state index contributed by atoms with van der Waals surface area (Å²) < 4.78 is 5.42. The predicted molar refractivity (Wildman–Crippen MR) is 75.4 cm³/mol. The summed E-state index contributed by atoms with van der Waals surface area (Å²) in [5.41, 5.74) is 7.06. The summed E-state index contributed by atoms with van der Waals surface area (Å²) in [6, 6.07) is 0. The highest BCUT2D eigenvalue weighted by Crippen LogP contribution is 2.39. The maximum Gasteiger partial charge on any atom is 0.137 e. The first-order valence-electron chi connectivity index (χ1n) is 7.10. The summed E-state index contributed by atoms with van der Waals surface area (Å²) in [7, 11) is 1.79. The van der Waals surface area contributed by atoms with Gasteiger partial charge >= 0.3 is 0 Å². The lowest BCUT2D eigenvalue weighted by atomic mass is 10.1. The van der Waals surface area contributed by atoms with Gasteiger partial charge in [0.25, 0.3) is 0 Å². The Morgan fingerprint density at radius 2 is 1.84 bits per heavy atom. The molecule has 0 amide bonds. The number of ether oxygens (including phenoxy) is 1. The van der Waals surface area contributed by atoms with Crippen molar-refractivity contribution in [2.75, 3.05) is 30.8 Å². The summed E-state index contributed by atoms with van der Waals surface area (Å²) in [5.74, 6) is 3.15. The largest absolute Gasteiger partial charge is 0.383 e. The number of rotatable bonds is 3. The van der Waals surface area contributed by atoms with Gasteiger partial charge in [-0.1, -0.05) is 0 Å². The summed E-state index contributed by atoms with van der Waals surface area (Å²) in [4.78, 5) is 11.5. The van der Waals surface area contributed by atoms with Crippen molar-refractivity contribution >= 4 is 11.6 Å². The Kier molecular flexibility index (Phi) is 3.31. The number of hydrogen-bond acceptors (Lipinski definition) is 5. The maximum absolute atomic E-state index is 6.04. The van der Waals surface area contributed by atoms with Crippen molar-refractivity contribution in [3.63, 3.8) is 0 Å². The topological polar surface area (TPSA) is 64.3 Å². The highest BCUT2D eigenvalue weighted by molar-refractivity contribution is 5.57. The second kappa shape index (κ2) is 4.96. The van der Waals surface area contributed by atoms with Gasteiger partial charge in [0.15, 0.2) is 0 Å². The molecule has 1 saturated heterocycles. The molecule has 2 heterocycles. The number of piperidine rings is 1. The van der Waals surface area contributed by atoms with Gasteiger partial charge in [0, 0.05) is 31.7 Å². The molecule has 1 aromatic heterocycles. The third-order valence-corrected chi connectivity index (χ3v) is 4.19. The molecular weight excluding hydrogens is 240 g/mol. The SMILES string of the molecule is COC1CCN(c2nc(C3CC3)nc(N)c2C)CC1. The first-order valence-corrected chi connectivity index (χ1v) is 7.10. The van der Waals surface area contributed by atoms with Crippen molar-refractivity contribution in [2.45, 2.75) is 44.6 Å². The number of nitrogens with two attached hydrogens (primary N) is 1. The van der Waals surface area contributed by atoms with Gasteiger partial charge in [0.2, 0.25) is 0 Å². The van der Waals surface area contributed by atoms with Crippen LogP contribution in [0.3, 0.4) is 0 Å². The molecule has 0 spiro atoms. The molecule has 5 heteroatoms. The molecule has 0 aromatic carbocycles. The summed E-state index contributed by atoms with van der Waals surface area (Å²) in [6.07, 6.45) is 4.90. The molecule has 0 bridgehead atoms. The third kappa shape index (κ3) is 2.52. The second-order valence-electron chi connectivity index (χ2n) is 5.61. The smallest absolute Gasteiger partial charge is 0.137 e. The van der Waals surface area contributed by atoms with Crippen LogP contribution in [0.5, 0.6) is 0 Å². The molecule has 0 radical (unpaired) electrons. The number of methoxy groups -OCH3 is 1. The lowest BCUT2D eigenvalue weighted by Crippen LogP contribution is -2.37. The van der Waals surface area contributed by atoms with Gasteiger partial charge in [-0.15, -0.1) is 0 Å². The molecule has 0 atom stereocenters. The Morgan fingerprint density at radius 3 is 2.42 bits per heavy atom. The van der Waals surface area contributed by atoms with Crippen LogP contribution in [0.1, 0.15) is 43.0 Å². The van der Waals surface area contributed by atoms with Crippen molar-refractivity contribution in [3.8, 4) is 0 Å². The van der Waals surface area contributed by atoms with Crippen LogP contribution in [0.25, 0.3) is 0 Å². The third-order valence-electron chi connectivity index (χ3n) is 4.19. The van der Waals surface area contributed by atoms with Gasteiger partial charge in [-0.3, -0.25) is 0 Å². The van der Waals surface area contributed by atoms with E-state index in [9.17, 15) is 0 Å². The fourth-order valence-electron chi connectivity index (χ4n) is 2.67. The molecule has 2 N–H and O–H groups in total. The molecular formula is C14H22N4O. The first-order chi connectivity index (χ1) is 9.19. The Bertz CT molecular complexity index is 465.